The maximum absolute atomic E-state index is 12.7. The van der Waals surface area contributed by atoms with Crippen LogP contribution >= 0.6 is 35.7 Å². The molecule has 1 saturated heterocycles. The molecule has 0 aliphatic carbocycles. The van der Waals surface area contributed by atoms with Gasteiger partial charge in [-0.1, -0.05) is 36.1 Å². The Morgan fingerprint density at radius 3 is 2.79 bits per heavy atom. The minimum atomic E-state index is -1.08. The number of ether oxygens (including phenoxy) is 1. The third-order valence-electron chi connectivity index (χ3n) is 3.76. The summed E-state index contributed by atoms with van der Waals surface area (Å²) in [6.45, 7) is 0.0383. The van der Waals surface area contributed by atoms with Gasteiger partial charge in [-0.3, -0.25) is 14.5 Å². The van der Waals surface area contributed by atoms with Gasteiger partial charge in [0.1, 0.15) is 16.1 Å². The molecular weight excluding hydrogens is 422 g/mol. The number of aliphatic carboxylic acids is 2. The largest absolute Gasteiger partial charge is 0.493 e. The molecule has 10 heteroatoms. The van der Waals surface area contributed by atoms with Gasteiger partial charge in [0.2, 0.25) is 0 Å². The van der Waals surface area contributed by atoms with Gasteiger partial charge in [0.05, 0.1) is 17.9 Å². The Morgan fingerprint density at radius 1 is 1.39 bits per heavy atom. The number of nitrogens with zero attached hydrogens (tertiary/aromatic N) is 1. The second kappa shape index (κ2) is 10.5. The minimum absolute atomic E-state index is 0.0383. The molecule has 1 fully saturated rings. The number of carboxylic acid groups (broad SMARTS) is 2. The second-order valence-corrected chi connectivity index (χ2v) is 8.41. The number of carbonyl (C=O) groups excluding carboxylic acids is 1. The van der Waals surface area contributed by atoms with Gasteiger partial charge in [-0.15, -0.1) is 0 Å². The molecule has 1 heterocycles. The molecule has 2 rings (SSSR count). The summed E-state index contributed by atoms with van der Waals surface area (Å²) in [5.41, 5.74) is 0.671. The fourth-order valence-electron chi connectivity index (χ4n) is 2.44. The van der Waals surface area contributed by atoms with Crippen molar-refractivity contribution in [2.75, 3.05) is 18.6 Å². The minimum Gasteiger partial charge on any atom is -0.493 e. The van der Waals surface area contributed by atoms with E-state index < -0.39 is 23.9 Å². The van der Waals surface area contributed by atoms with Crippen molar-refractivity contribution in [3.8, 4) is 5.75 Å². The fraction of sp³-hybridized carbons (Fsp3) is 0.333. The third kappa shape index (κ3) is 5.98. The zero-order valence-corrected chi connectivity index (χ0v) is 17.4. The first kappa shape index (κ1) is 22.3. The quantitative estimate of drug-likeness (QED) is 0.419. The van der Waals surface area contributed by atoms with Crippen LogP contribution in [0.15, 0.2) is 29.2 Å². The van der Waals surface area contributed by atoms with Crippen LogP contribution in [0.2, 0.25) is 0 Å². The smallest absolute Gasteiger partial charge is 0.326 e. The molecule has 1 atom stereocenters. The summed E-state index contributed by atoms with van der Waals surface area (Å²) in [6, 6.07) is 5.86. The predicted octanol–water partition coefficient (Wildman–Crippen LogP) is 2.95. The normalized spacial score (nSPS) is 16.5. The van der Waals surface area contributed by atoms with Gasteiger partial charge in [0.15, 0.2) is 0 Å². The van der Waals surface area contributed by atoms with E-state index in [0.29, 0.717) is 28.4 Å². The molecule has 1 unspecified atom stereocenters. The highest BCUT2D eigenvalue weighted by molar-refractivity contribution is 8.26. The highest BCUT2D eigenvalue weighted by Gasteiger charge is 2.40. The Labute approximate surface area is 176 Å². The lowest BCUT2D eigenvalue weighted by molar-refractivity contribution is -0.145. The van der Waals surface area contributed by atoms with Crippen LogP contribution < -0.4 is 4.74 Å². The molecule has 0 spiro atoms. The van der Waals surface area contributed by atoms with E-state index in [1.807, 2.05) is 6.26 Å². The van der Waals surface area contributed by atoms with E-state index in [4.69, 9.17) is 22.1 Å². The second-order valence-electron chi connectivity index (χ2n) is 5.75. The van der Waals surface area contributed by atoms with Gasteiger partial charge in [0.25, 0.3) is 5.91 Å². The van der Waals surface area contributed by atoms with E-state index in [1.54, 1.807) is 30.3 Å². The lowest BCUT2D eigenvalue weighted by atomic mass is 10.1. The number of carboxylic acids is 2. The summed E-state index contributed by atoms with van der Waals surface area (Å²) in [5.74, 6) is -1.38. The van der Waals surface area contributed by atoms with Crippen molar-refractivity contribution >= 4 is 64.0 Å². The van der Waals surface area contributed by atoms with Crippen molar-refractivity contribution in [2.24, 2.45) is 0 Å². The van der Waals surface area contributed by atoms with Crippen LogP contribution in [-0.4, -0.2) is 61.9 Å². The number of hydrogen-bond acceptors (Lipinski definition) is 7. The third-order valence-corrected chi connectivity index (χ3v) is 5.73. The first-order valence-electron chi connectivity index (χ1n) is 8.27. The Kier molecular flexibility index (Phi) is 8.34. The molecule has 1 aromatic carbocycles. The number of rotatable bonds is 10. The maximum atomic E-state index is 12.7. The molecule has 1 aliphatic rings. The van der Waals surface area contributed by atoms with Crippen LogP contribution in [0.1, 0.15) is 18.4 Å². The van der Waals surface area contributed by atoms with Crippen molar-refractivity contribution in [2.45, 2.75) is 18.9 Å². The predicted molar refractivity (Wildman–Crippen MR) is 114 cm³/mol. The highest BCUT2D eigenvalue weighted by atomic mass is 32.2. The van der Waals surface area contributed by atoms with Crippen LogP contribution in [0, 0.1) is 0 Å². The van der Waals surface area contributed by atoms with E-state index in [-0.39, 0.29) is 17.3 Å². The van der Waals surface area contributed by atoms with Crippen molar-refractivity contribution in [3.05, 3.63) is 34.7 Å². The number of carbonyl (C=O) groups is 3. The van der Waals surface area contributed by atoms with Gasteiger partial charge < -0.3 is 14.9 Å². The summed E-state index contributed by atoms with van der Waals surface area (Å²) < 4.78 is 5.61. The van der Waals surface area contributed by atoms with Crippen LogP contribution in [0.4, 0.5) is 0 Å². The molecule has 0 bridgehead atoms. The number of benzene rings is 1. The molecule has 28 heavy (non-hydrogen) atoms. The van der Waals surface area contributed by atoms with E-state index in [0.717, 1.165) is 16.7 Å². The molecular formula is C18H19NO6S3. The van der Waals surface area contributed by atoms with Gasteiger partial charge in [0, 0.05) is 0 Å². The van der Waals surface area contributed by atoms with Crippen molar-refractivity contribution in [3.63, 3.8) is 0 Å². The standard InChI is InChI=1S/C18H19NO6S3/c1-27-8-6-13(17(23)24)19-16(22)14(28-18(19)26)10-11-3-2-4-12(9-11)25-7-5-15(20)21/h2-4,9-10,13H,5-8H2,1H3,(H,20,21)(H,23,24)/b14-10-. The number of hydrogen-bond donors (Lipinski definition) is 2. The Morgan fingerprint density at radius 2 is 2.14 bits per heavy atom. The summed E-state index contributed by atoms with van der Waals surface area (Å²) in [4.78, 5) is 36.4. The first-order valence-corrected chi connectivity index (χ1v) is 10.9. The van der Waals surface area contributed by atoms with Crippen molar-refractivity contribution < 1.29 is 29.3 Å². The molecule has 1 amide bonds. The number of thioether (sulfide) groups is 2. The topological polar surface area (TPSA) is 104 Å². The van der Waals surface area contributed by atoms with Crippen molar-refractivity contribution in [1.82, 2.24) is 4.90 Å². The van der Waals surface area contributed by atoms with Crippen LogP contribution in [0.25, 0.3) is 6.08 Å². The number of thiocarbonyl (C=S) groups is 1. The monoisotopic (exact) mass is 441 g/mol. The number of amides is 1. The Bertz CT molecular complexity index is 810. The van der Waals surface area contributed by atoms with E-state index in [2.05, 4.69) is 0 Å². The van der Waals surface area contributed by atoms with Crippen LogP contribution in [0.5, 0.6) is 5.75 Å². The summed E-state index contributed by atoms with van der Waals surface area (Å²) >= 11 is 7.81. The zero-order valence-electron chi connectivity index (χ0n) is 15.0. The Balaban J connectivity index is 2.16. The maximum Gasteiger partial charge on any atom is 0.326 e. The Hall–Kier alpha value is -2.04. The summed E-state index contributed by atoms with van der Waals surface area (Å²) in [7, 11) is 0. The fourth-order valence-corrected chi connectivity index (χ4v) is 4.26. The zero-order chi connectivity index (χ0) is 20.7. The van der Waals surface area contributed by atoms with Gasteiger partial charge in [-0.05, 0) is 42.2 Å². The van der Waals surface area contributed by atoms with E-state index in [9.17, 15) is 19.5 Å². The molecule has 150 valence electrons. The van der Waals surface area contributed by atoms with Crippen LogP contribution in [0.3, 0.4) is 0 Å². The highest BCUT2D eigenvalue weighted by Crippen LogP contribution is 2.35. The SMILES string of the molecule is CSCCC(C(=O)O)N1C(=O)/C(=C/c2cccc(OCCC(=O)O)c2)SC1=S. The summed E-state index contributed by atoms with van der Waals surface area (Å²) in [6.07, 6.45) is 3.68. The first-order chi connectivity index (χ1) is 13.3. The lowest BCUT2D eigenvalue weighted by Gasteiger charge is -2.22. The average Bonchev–Trinajstić information content (AvgIpc) is 2.89. The van der Waals surface area contributed by atoms with Gasteiger partial charge >= 0.3 is 11.9 Å². The van der Waals surface area contributed by atoms with Gasteiger partial charge in [-0.2, -0.15) is 11.8 Å². The molecule has 1 aromatic rings. The van der Waals surface area contributed by atoms with Crippen LogP contribution in [-0.2, 0) is 14.4 Å². The molecule has 2 N–H and O–H groups in total. The summed E-state index contributed by atoms with van der Waals surface area (Å²) in [5, 5.41) is 18.1. The van der Waals surface area contributed by atoms with Crippen molar-refractivity contribution in [1.29, 1.82) is 0 Å². The van der Waals surface area contributed by atoms with E-state index >= 15 is 0 Å². The average molecular weight is 442 g/mol. The molecule has 0 radical (unpaired) electrons. The van der Waals surface area contributed by atoms with Gasteiger partial charge in [-0.25, -0.2) is 4.79 Å². The van der Waals surface area contributed by atoms with E-state index in [1.165, 1.54) is 11.8 Å². The molecule has 7 nitrogen and oxygen atoms in total. The molecule has 0 aromatic heterocycles. The molecule has 1 aliphatic heterocycles. The lowest BCUT2D eigenvalue weighted by Crippen LogP contribution is -2.44. The molecule has 0 saturated carbocycles.